The lowest BCUT2D eigenvalue weighted by Crippen LogP contribution is -2.38. The van der Waals surface area contributed by atoms with Gasteiger partial charge in [-0.05, 0) is 48.6 Å². The molecule has 0 bridgehead atoms. The third kappa shape index (κ3) is 5.67. The maximum absolute atomic E-state index is 12.9. The Balaban J connectivity index is 1.65. The van der Waals surface area contributed by atoms with Crippen molar-refractivity contribution in [1.82, 2.24) is 4.90 Å². The van der Waals surface area contributed by atoms with Crippen molar-refractivity contribution in [3.8, 4) is 0 Å². The van der Waals surface area contributed by atoms with Crippen LogP contribution in [0.25, 0.3) is 0 Å². The number of rotatable bonds is 5. The van der Waals surface area contributed by atoms with Crippen LogP contribution in [-0.2, 0) is 16.0 Å². The zero-order chi connectivity index (χ0) is 20.8. The summed E-state index contributed by atoms with van der Waals surface area (Å²) >= 11 is 0. The molecule has 2 aromatic rings. The molecule has 6 heteroatoms. The molecule has 0 spiro atoms. The fourth-order valence-corrected chi connectivity index (χ4v) is 3.45. The van der Waals surface area contributed by atoms with Crippen molar-refractivity contribution >= 4 is 29.1 Å². The van der Waals surface area contributed by atoms with E-state index in [4.69, 9.17) is 0 Å². The lowest BCUT2D eigenvalue weighted by molar-refractivity contribution is -0.116. The van der Waals surface area contributed by atoms with Gasteiger partial charge in [-0.1, -0.05) is 31.2 Å². The minimum absolute atomic E-state index is 0.0348. The fraction of sp³-hybridized carbons (Fsp3) is 0.348. The Labute approximate surface area is 171 Å². The molecular formula is C23H27N3O3. The second kappa shape index (κ2) is 9.37. The van der Waals surface area contributed by atoms with Crippen molar-refractivity contribution in [3.05, 3.63) is 59.7 Å². The predicted octanol–water partition coefficient (Wildman–Crippen LogP) is 3.70. The summed E-state index contributed by atoms with van der Waals surface area (Å²) in [4.78, 5) is 38.4. The lowest BCUT2D eigenvalue weighted by atomic mass is 9.98. The highest BCUT2D eigenvalue weighted by molar-refractivity contribution is 6.04. The van der Waals surface area contributed by atoms with E-state index < -0.39 is 0 Å². The quantitative estimate of drug-likeness (QED) is 0.813. The van der Waals surface area contributed by atoms with Crippen molar-refractivity contribution in [2.24, 2.45) is 5.92 Å². The van der Waals surface area contributed by atoms with Crippen LogP contribution in [0.1, 0.15) is 42.6 Å². The molecule has 1 saturated heterocycles. The normalized spacial score (nSPS) is 14.3. The number of anilines is 2. The molecule has 2 N–H and O–H groups in total. The van der Waals surface area contributed by atoms with Gasteiger partial charge >= 0.3 is 0 Å². The molecule has 0 aromatic heterocycles. The monoisotopic (exact) mass is 393 g/mol. The highest BCUT2D eigenvalue weighted by Gasteiger charge is 2.23. The summed E-state index contributed by atoms with van der Waals surface area (Å²) in [5, 5.41) is 5.58. The third-order valence-corrected chi connectivity index (χ3v) is 5.14. The first-order chi connectivity index (χ1) is 13.9. The van der Waals surface area contributed by atoms with Gasteiger partial charge in [-0.2, -0.15) is 0 Å². The summed E-state index contributed by atoms with van der Waals surface area (Å²) in [5.41, 5.74) is 2.58. The number of likely N-dealkylation sites (tertiary alicyclic amines) is 1. The number of carbonyl (C=O) groups excluding carboxylic acids is 3. The number of nitrogens with zero attached hydrogens (tertiary/aromatic N) is 1. The smallest absolute Gasteiger partial charge is 0.255 e. The van der Waals surface area contributed by atoms with Gasteiger partial charge in [0.05, 0.1) is 17.7 Å². The summed E-state index contributed by atoms with van der Waals surface area (Å²) in [7, 11) is 0. The van der Waals surface area contributed by atoms with Crippen LogP contribution in [0.4, 0.5) is 11.4 Å². The minimum Gasteiger partial charge on any atom is -0.339 e. The second-order valence-electron chi connectivity index (χ2n) is 7.62. The van der Waals surface area contributed by atoms with Crippen LogP contribution in [0.2, 0.25) is 0 Å². The Morgan fingerprint density at radius 2 is 1.62 bits per heavy atom. The van der Waals surface area contributed by atoms with Crippen LogP contribution in [0.5, 0.6) is 0 Å². The first-order valence-corrected chi connectivity index (χ1v) is 9.97. The molecule has 29 heavy (non-hydrogen) atoms. The van der Waals surface area contributed by atoms with Crippen molar-refractivity contribution in [2.45, 2.75) is 33.1 Å². The molecule has 0 aliphatic carbocycles. The molecule has 0 atom stereocenters. The standard InChI is InChI=1S/C23H27N3O3/c1-16-11-13-26(14-12-16)23(29)20-5-3-4-6-21(20)25-22(28)15-18-7-9-19(10-8-18)24-17(2)27/h3-10,16H,11-15H2,1-2H3,(H,24,27)(H,25,28). The van der Waals surface area contributed by atoms with Crippen molar-refractivity contribution in [1.29, 1.82) is 0 Å². The van der Waals surface area contributed by atoms with E-state index in [9.17, 15) is 14.4 Å². The Morgan fingerprint density at radius 1 is 0.966 bits per heavy atom. The van der Waals surface area contributed by atoms with Crippen molar-refractivity contribution in [2.75, 3.05) is 23.7 Å². The highest BCUT2D eigenvalue weighted by Crippen LogP contribution is 2.22. The third-order valence-electron chi connectivity index (χ3n) is 5.14. The fourth-order valence-electron chi connectivity index (χ4n) is 3.45. The van der Waals surface area contributed by atoms with Gasteiger partial charge in [0.25, 0.3) is 5.91 Å². The summed E-state index contributed by atoms with van der Waals surface area (Å²) < 4.78 is 0. The summed E-state index contributed by atoms with van der Waals surface area (Å²) in [6, 6.07) is 14.3. The Morgan fingerprint density at radius 3 is 2.28 bits per heavy atom. The van der Waals surface area contributed by atoms with E-state index in [1.165, 1.54) is 6.92 Å². The van der Waals surface area contributed by atoms with Crippen LogP contribution in [-0.4, -0.2) is 35.7 Å². The molecule has 1 fully saturated rings. The number of para-hydroxylation sites is 1. The number of hydrogen-bond donors (Lipinski definition) is 2. The number of carbonyl (C=O) groups is 3. The molecule has 2 aromatic carbocycles. The topological polar surface area (TPSA) is 78.5 Å². The predicted molar refractivity (Wildman–Crippen MR) is 114 cm³/mol. The Kier molecular flexibility index (Phi) is 6.65. The molecule has 1 aliphatic rings. The molecule has 0 unspecified atom stereocenters. The Hall–Kier alpha value is -3.15. The summed E-state index contributed by atoms with van der Waals surface area (Å²) in [5.74, 6) is 0.281. The van der Waals surface area contributed by atoms with E-state index in [1.807, 2.05) is 17.0 Å². The van der Waals surface area contributed by atoms with Gasteiger partial charge in [-0.25, -0.2) is 0 Å². The molecule has 6 nitrogen and oxygen atoms in total. The van der Waals surface area contributed by atoms with Gasteiger partial charge in [0.15, 0.2) is 0 Å². The highest BCUT2D eigenvalue weighted by atomic mass is 16.2. The van der Waals surface area contributed by atoms with Crippen LogP contribution in [0, 0.1) is 5.92 Å². The summed E-state index contributed by atoms with van der Waals surface area (Å²) in [6.07, 6.45) is 2.20. The maximum atomic E-state index is 12.9. The van der Waals surface area contributed by atoms with E-state index in [-0.39, 0.29) is 24.1 Å². The summed E-state index contributed by atoms with van der Waals surface area (Å²) in [6.45, 7) is 5.16. The number of amides is 3. The average molecular weight is 393 g/mol. The zero-order valence-corrected chi connectivity index (χ0v) is 16.9. The molecule has 1 heterocycles. The molecule has 152 valence electrons. The number of hydrogen-bond acceptors (Lipinski definition) is 3. The second-order valence-corrected chi connectivity index (χ2v) is 7.62. The van der Waals surface area contributed by atoms with Crippen molar-refractivity contribution in [3.63, 3.8) is 0 Å². The van der Waals surface area contributed by atoms with Gasteiger partial charge in [-0.3, -0.25) is 14.4 Å². The van der Waals surface area contributed by atoms with Crippen LogP contribution < -0.4 is 10.6 Å². The first-order valence-electron chi connectivity index (χ1n) is 9.97. The molecule has 3 rings (SSSR count). The van der Waals surface area contributed by atoms with Crippen LogP contribution in [0.3, 0.4) is 0 Å². The van der Waals surface area contributed by atoms with Crippen molar-refractivity contribution < 1.29 is 14.4 Å². The molecule has 0 saturated carbocycles. The van der Waals surface area contributed by atoms with Crippen LogP contribution >= 0.6 is 0 Å². The van der Waals surface area contributed by atoms with E-state index in [2.05, 4.69) is 17.6 Å². The van der Waals surface area contributed by atoms with Crippen LogP contribution in [0.15, 0.2) is 48.5 Å². The maximum Gasteiger partial charge on any atom is 0.255 e. The van der Waals surface area contributed by atoms with E-state index >= 15 is 0 Å². The lowest BCUT2D eigenvalue weighted by Gasteiger charge is -2.30. The zero-order valence-electron chi connectivity index (χ0n) is 16.9. The van der Waals surface area contributed by atoms with Gasteiger partial charge in [0, 0.05) is 25.7 Å². The number of nitrogens with one attached hydrogen (secondary N) is 2. The van der Waals surface area contributed by atoms with E-state index in [1.54, 1.807) is 36.4 Å². The molecule has 1 aliphatic heterocycles. The van der Waals surface area contributed by atoms with Gasteiger partial charge < -0.3 is 15.5 Å². The van der Waals surface area contributed by atoms with Gasteiger partial charge in [-0.15, -0.1) is 0 Å². The molecular weight excluding hydrogens is 366 g/mol. The largest absolute Gasteiger partial charge is 0.339 e. The van der Waals surface area contributed by atoms with Gasteiger partial charge in [0.1, 0.15) is 0 Å². The number of piperidine rings is 1. The van der Waals surface area contributed by atoms with E-state index in [0.29, 0.717) is 22.9 Å². The Bertz CT molecular complexity index is 884. The van der Waals surface area contributed by atoms with E-state index in [0.717, 1.165) is 31.5 Å². The van der Waals surface area contributed by atoms with Gasteiger partial charge in [0.2, 0.25) is 11.8 Å². The molecule has 3 amide bonds. The minimum atomic E-state index is -0.190. The average Bonchev–Trinajstić information content (AvgIpc) is 2.69. The SMILES string of the molecule is CC(=O)Nc1ccc(CC(=O)Nc2ccccc2C(=O)N2CCC(C)CC2)cc1. The first kappa shape index (κ1) is 20.6. The molecule has 0 radical (unpaired) electrons. The number of benzene rings is 2.